The standard InChI is InChI=1S/C14H16F3N3O/c1-19-7-3-4-9(8-19)20-11-6-2-5-10(14(15,16)17)12(11)18-13(20)21/h2,5-6,9H,3-4,7-8H2,1H3,(H,18,21). The second-order valence-corrected chi connectivity index (χ2v) is 5.56. The number of likely N-dealkylation sites (tertiary alicyclic amines) is 1. The van der Waals surface area contributed by atoms with E-state index < -0.39 is 17.4 Å². The lowest BCUT2D eigenvalue weighted by atomic mass is 10.1. The molecule has 0 amide bonds. The highest BCUT2D eigenvalue weighted by molar-refractivity contribution is 5.79. The van der Waals surface area contributed by atoms with Crippen LogP contribution in [0, 0.1) is 0 Å². The van der Waals surface area contributed by atoms with E-state index in [0.29, 0.717) is 12.1 Å². The van der Waals surface area contributed by atoms with Crippen molar-refractivity contribution in [1.29, 1.82) is 0 Å². The van der Waals surface area contributed by atoms with E-state index >= 15 is 0 Å². The summed E-state index contributed by atoms with van der Waals surface area (Å²) in [6, 6.07) is 3.82. The van der Waals surface area contributed by atoms with Crippen molar-refractivity contribution < 1.29 is 13.2 Å². The summed E-state index contributed by atoms with van der Waals surface area (Å²) in [5, 5.41) is 0. The fourth-order valence-corrected chi connectivity index (χ4v) is 3.10. The van der Waals surface area contributed by atoms with E-state index in [-0.39, 0.29) is 11.6 Å². The maximum Gasteiger partial charge on any atom is 0.418 e. The largest absolute Gasteiger partial charge is 0.418 e. The Balaban J connectivity index is 2.16. The molecule has 7 heteroatoms. The molecule has 0 radical (unpaired) electrons. The Bertz CT molecular complexity index is 716. The molecule has 1 saturated heterocycles. The number of aromatic amines is 1. The fourth-order valence-electron chi connectivity index (χ4n) is 3.10. The van der Waals surface area contributed by atoms with Gasteiger partial charge in [-0.2, -0.15) is 13.2 Å². The van der Waals surface area contributed by atoms with E-state index in [1.807, 2.05) is 7.05 Å². The van der Waals surface area contributed by atoms with Crippen LogP contribution in [0.2, 0.25) is 0 Å². The number of piperidine rings is 1. The zero-order valence-corrected chi connectivity index (χ0v) is 11.6. The molecule has 1 aromatic carbocycles. The third-order valence-corrected chi connectivity index (χ3v) is 4.02. The lowest BCUT2D eigenvalue weighted by Crippen LogP contribution is -2.36. The van der Waals surface area contributed by atoms with Crippen LogP contribution in [-0.4, -0.2) is 34.6 Å². The molecule has 21 heavy (non-hydrogen) atoms. The number of H-pyrrole nitrogens is 1. The summed E-state index contributed by atoms with van der Waals surface area (Å²) >= 11 is 0. The van der Waals surface area contributed by atoms with Gasteiger partial charge in [-0.1, -0.05) is 6.07 Å². The molecule has 0 aliphatic carbocycles. The molecule has 1 aliphatic rings. The summed E-state index contributed by atoms with van der Waals surface area (Å²) in [6.07, 6.45) is -2.75. The number of fused-ring (bicyclic) bond motifs is 1. The Morgan fingerprint density at radius 2 is 2.10 bits per heavy atom. The molecule has 1 atom stereocenters. The first-order valence-electron chi connectivity index (χ1n) is 6.87. The normalized spacial score (nSPS) is 21.0. The van der Waals surface area contributed by atoms with E-state index in [0.717, 1.165) is 25.5 Å². The number of para-hydroxylation sites is 1. The number of rotatable bonds is 1. The summed E-state index contributed by atoms with van der Waals surface area (Å²) in [7, 11) is 1.95. The molecule has 2 aromatic rings. The first kappa shape index (κ1) is 14.2. The first-order chi connectivity index (χ1) is 9.88. The molecule has 114 valence electrons. The van der Waals surface area contributed by atoms with Crippen LogP contribution < -0.4 is 5.69 Å². The van der Waals surface area contributed by atoms with E-state index in [2.05, 4.69) is 9.88 Å². The van der Waals surface area contributed by atoms with Gasteiger partial charge in [0.1, 0.15) is 0 Å². The lowest BCUT2D eigenvalue weighted by molar-refractivity contribution is -0.136. The number of likely N-dealkylation sites (N-methyl/N-ethyl adjacent to an activating group) is 1. The molecule has 1 fully saturated rings. The predicted octanol–water partition coefficient (Wildman–Crippen LogP) is 2.62. The number of aromatic nitrogens is 2. The molecular weight excluding hydrogens is 283 g/mol. The smallest absolute Gasteiger partial charge is 0.305 e. The van der Waals surface area contributed by atoms with Gasteiger partial charge in [-0.05, 0) is 38.6 Å². The first-order valence-corrected chi connectivity index (χ1v) is 6.87. The minimum Gasteiger partial charge on any atom is -0.305 e. The van der Waals surface area contributed by atoms with E-state index in [9.17, 15) is 18.0 Å². The van der Waals surface area contributed by atoms with Gasteiger partial charge in [0.25, 0.3) is 0 Å². The van der Waals surface area contributed by atoms with Crippen molar-refractivity contribution in [2.45, 2.75) is 25.1 Å². The second-order valence-electron chi connectivity index (χ2n) is 5.56. The fraction of sp³-hybridized carbons (Fsp3) is 0.500. The van der Waals surface area contributed by atoms with Crippen LogP contribution in [0.25, 0.3) is 11.0 Å². The minimum atomic E-state index is -4.47. The zero-order chi connectivity index (χ0) is 15.2. The Kier molecular flexibility index (Phi) is 3.32. The van der Waals surface area contributed by atoms with Crippen molar-refractivity contribution in [3.63, 3.8) is 0 Å². The maximum atomic E-state index is 13.0. The van der Waals surface area contributed by atoms with E-state index in [1.54, 1.807) is 6.07 Å². The van der Waals surface area contributed by atoms with Gasteiger partial charge >= 0.3 is 11.9 Å². The highest BCUT2D eigenvalue weighted by atomic mass is 19.4. The van der Waals surface area contributed by atoms with Crippen LogP contribution in [0.1, 0.15) is 24.4 Å². The lowest BCUT2D eigenvalue weighted by Gasteiger charge is -2.30. The highest BCUT2D eigenvalue weighted by Gasteiger charge is 2.34. The molecule has 1 unspecified atom stereocenters. The van der Waals surface area contributed by atoms with Gasteiger partial charge in [0.05, 0.1) is 22.6 Å². The molecule has 4 nitrogen and oxygen atoms in total. The van der Waals surface area contributed by atoms with Gasteiger partial charge < -0.3 is 9.88 Å². The minimum absolute atomic E-state index is 0.0894. The van der Waals surface area contributed by atoms with Crippen molar-refractivity contribution in [3.8, 4) is 0 Å². The number of alkyl halides is 3. The second kappa shape index (κ2) is 4.91. The van der Waals surface area contributed by atoms with Gasteiger partial charge in [0.15, 0.2) is 0 Å². The SMILES string of the molecule is CN1CCCC(n2c(=O)[nH]c3c(C(F)(F)F)cccc32)C1. The monoisotopic (exact) mass is 299 g/mol. The molecule has 1 aromatic heterocycles. The third-order valence-electron chi connectivity index (χ3n) is 4.02. The summed E-state index contributed by atoms with van der Waals surface area (Å²) < 4.78 is 40.5. The van der Waals surface area contributed by atoms with Crippen LogP contribution in [-0.2, 0) is 6.18 Å². The van der Waals surface area contributed by atoms with E-state index in [4.69, 9.17) is 0 Å². The van der Waals surface area contributed by atoms with Crippen LogP contribution in [0.15, 0.2) is 23.0 Å². The average Bonchev–Trinajstić information content (AvgIpc) is 2.73. The van der Waals surface area contributed by atoms with Crippen molar-refractivity contribution in [1.82, 2.24) is 14.5 Å². The predicted molar refractivity (Wildman–Crippen MR) is 73.3 cm³/mol. The van der Waals surface area contributed by atoms with Crippen LogP contribution in [0.3, 0.4) is 0 Å². The molecule has 0 bridgehead atoms. The molecule has 1 aliphatic heterocycles. The van der Waals surface area contributed by atoms with Crippen molar-refractivity contribution >= 4 is 11.0 Å². The third kappa shape index (κ3) is 2.46. The molecule has 3 rings (SSSR count). The summed E-state index contributed by atoms with van der Waals surface area (Å²) in [6.45, 7) is 1.62. The number of hydrogen-bond acceptors (Lipinski definition) is 2. The number of nitrogens with one attached hydrogen (secondary N) is 1. The number of halogens is 3. The molecular formula is C14H16F3N3O. The Labute approximate surface area is 119 Å². The number of benzene rings is 1. The van der Waals surface area contributed by atoms with Crippen LogP contribution in [0.4, 0.5) is 13.2 Å². The van der Waals surface area contributed by atoms with Crippen LogP contribution >= 0.6 is 0 Å². The zero-order valence-electron chi connectivity index (χ0n) is 11.6. The topological polar surface area (TPSA) is 41.0 Å². The molecule has 0 saturated carbocycles. The number of imidazole rings is 1. The van der Waals surface area contributed by atoms with Gasteiger partial charge in [-0.3, -0.25) is 4.57 Å². The van der Waals surface area contributed by atoms with E-state index in [1.165, 1.54) is 10.6 Å². The van der Waals surface area contributed by atoms with Gasteiger partial charge in [-0.25, -0.2) is 4.79 Å². The summed E-state index contributed by atoms with van der Waals surface area (Å²) in [4.78, 5) is 16.6. The van der Waals surface area contributed by atoms with Crippen molar-refractivity contribution in [2.75, 3.05) is 20.1 Å². The highest BCUT2D eigenvalue weighted by Crippen LogP contribution is 2.34. The number of hydrogen-bond donors (Lipinski definition) is 1. The Morgan fingerprint density at radius 3 is 2.76 bits per heavy atom. The average molecular weight is 299 g/mol. The Hall–Kier alpha value is -1.76. The Morgan fingerprint density at radius 1 is 1.33 bits per heavy atom. The molecule has 1 N–H and O–H groups in total. The van der Waals surface area contributed by atoms with Crippen molar-refractivity contribution in [2.24, 2.45) is 0 Å². The van der Waals surface area contributed by atoms with Crippen molar-refractivity contribution in [3.05, 3.63) is 34.2 Å². The number of nitrogens with zero attached hydrogens (tertiary/aromatic N) is 2. The summed E-state index contributed by atoms with van der Waals surface area (Å²) in [5.74, 6) is 0. The maximum absolute atomic E-state index is 13.0. The van der Waals surface area contributed by atoms with Crippen LogP contribution in [0.5, 0.6) is 0 Å². The molecule has 2 heterocycles. The van der Waals surface area contributed by atoms with Gasteiger partial charge in [0.2, 0.25) is 0 Å². The quantitative estimate of drug-likeness (QED) is 0.879. The van der Waals surface area contributed by atoms with Gasteiger partial charge in [-0.15, -0.1) is 0 Å². The molecule has 0 spiro atoms. The summed E-state index contributed by atoms with van der Waals surface area (Å²) in [5.41, 5.74) is -1.06. The van der Waals surface area contributed by atoms with Gasteiger partial charge in [0, 0.05) is 6.54 Å².